The molecule has 4 nitrogen and oxygen atoms in total. The van der Waals surface area contributed by atoms with Gasteiger partial charge in [0.1, 0.15) is 5.69 Å². The van der Waals surface area contributed by atoms with E-state index in [2.05, 4.69) is 41.6 Å². The van der Waals surface area contributed by atoms with Gasteiger partial charge in [-0.15, -0.1) is 0 Å². The molecule has 20 heavy (non-hydrogen) atoms. The van der Waals surface area contributed by atoms with Crippen molar-refractivity contribution in [1.29, 1.82) is 0 Å². The summed E-state index contributed by atoms with van der Waals surface area (Å²) in [6.45, 7) is 6.00. The van der Waals surface area contributed by atoms with Crippen molar-refractivity contribution < 1.29 is 4.79 Å². The zero-order chi connectivity index (χ0) is 14.7. The Balaban J connectivity index is 2.08. The average molecular weight is 271 g/mol. The van der Waals surface area contributed by atoms with Crippen molar-refractivity contribution in [1.82, 2.24) is 15.1 Å². The number of carbonyl (C=O) groups is 1. The first-order valence-corrected chi connectivity index (χ1v) is 6.91. The summed E-state index contributed by atoms with van der Waals surface area (Å²) in [5, 5.41) is 7.20. The van der Waals surface area contributed by atoms with Crippen LogP contribution in [-0.4, -0.2) is 15.7 Å². The van der Waals surface area contributed by atoms with Crippen LogP contribution in [0.5, 0.6) is 0 Å². The maximum atomic E-state index is 12.2. The smallest absolute Gasteiger partial charge is 0.270 e. The Morgan fingerprint density at radius 3 is 2.50 bits per heavy atom. The molecule has 2 aromatic rings. The average Bonchev–Trinajstić information content (AvgIpc) is 2.78. The summed E-state index contributed by atoms with van der Waals surface area (Å²) >= 11 is 0. The minimum absolute atomic E-state index is 0.0244. The van der Waals surface area contributed by atoms with E-state index in [0.717, 1.165) is 17.7 Å². The Kier molecular flexibility index (Phi) is 4.23. The highest BCUT2D eigenvalue weighted by molar-refractivity contribution is 5.92. The van der Waals surface area contributed by atoms with Crippen molar-refractivity contribution in [3.8, 4) is 0 Å². The summed E-state index contributed by atoms with van der Waals surface area (Å²) < 4.78 is 1.61. The highest BCUT2D eigenvalue weighted by atomic mass is 16.2. The summed E-state index contributed by atoms with van der Waals surface area (Å²) in [5.74, 6) is -0.0971. The molecule has 106 valence electrons. The Morgan fingerprint density at radius 2 is 2.00 bits per heavy atom. The Hall–Kier alpha value is -2.10. The normalized spacial score (nSPS) is 12.2. The predicted octanol–water partition coefficient (Wildman–Crippen LogP) is 2.78. The number of benzene rings is 1. The number of hydrogen-bond donors (Lipinski definition) is 1. The van der Waals surface area contributed by atoms with Crippen LogP contribution in [0.15, 0.2) is 30.3 Å². The molecule has 2 rings (SSSR count). The fraction of sp³-hybridized carbons (Fsp3) is 0.375. The number of amides is 1. The Labute approximate surface area is 119 Å². The van der Waals surface area contributed by atoms with Crippen molar-refractivity contribution in [2.45, 2.75) is 33.2 Å². The number of nitrogens with zero attached hydrogens (tertiary/aromatic N) is 2. The van der Waals surface area contributed by atoms with E-state index in [-0.39, 0.29) is 11.9 Å². The molecule has 4 heteroatoms. The molecular formula is C16H21N3O. The zero-order valence-electron chi connectivity index (χ0n) is 12.5. The standard InChI is InChI=1S/C16H21N3O/c1-5-13-6-8-14(9-7-13)12(3)17-16(20)15-10-11(2)18-19(15)4/h6-10,12H,5H2,1-4H3,(H,17,20)/t12-/m1/s1. The van der Waals surface area contributed by atoms with Gasteiger partial charge in [0.05, 0.1) is 11.7 Å². The maximum Gasteiger partial charge on any atom is 0.270 e. The zero-order valence-corrected chi connectivity index (χ0v) is 12.5. The summed E-state index contributed by atoms with van der Waals surface area (Å²) in [6.07, 6.45) is 1.02. The van der Waals surface area contributed by atoms with Gasteiger partial charge in [0.25, 0.3) is 5.91 Å². The van der Waals surface area contributed by atoms with Crippen LogP contribution in [0.25, 0.3) is 0 Å². The van der Waals surface area contributed by atoms with Gasteiger partial charge in [0, 0.05) is 7.05 Å². The van der Waals surface area contributed by atoms with E-state index in [1.54, 1.807) is 17.8 Å². The van der Waals surface area contributed by atoms with Gasteiger partial charge in [0.15, 0.2) is 0 Å². The molecule has 0 saturated carbocycles. The van der Waals surface area contributed by atoms with E-state index in [0.29, 0.717) is 5.69 Å². The number of aromatic nitrogens is 2. The second-order valence-corrected chi connectivity index (χ2v) is 5.08. The molecule has 1 heterocycles. The molecule has 0 radical (unpaired) electrons. The highest BCUT2D eigenvalue weighted by Gasteiger charge is 2.15. The molecule has 1 N–H and O–H groups in total. The van der Waals surface area contributed by atoms with Gasteiger partial charge in [-0.05, 0) is 37.5 Å². The van der Waals surface area contributed by atoms with Crippen molar-refractivity contribution in [2.75, 3.05) is 0 Å². The minimum Gasteiger partial charge on any atom is -0.344 e. The van der Waals surface area contributed by atoms with Crippen LogP contribution in [0.3, 0.4) is 0 Å². The number of carbonyl (C=O) groups excluding carboxylic acids is 1. The lowest BCUT2D eigenvalue weighted by Crippen LogP contribution is -2.28. The Morgan fingerprint density at radius 1 is 1.35 bits per heavy atom. The summed E-state index contributed by atoms with van der Waals surface area (Å²) in [6, 6.07) is 10.1. The van der Waals surface area contributed by atoms with Crippen molar-refractivity contribution in [3.05, 3.63) is 52.8 Å². The molecule has 0 aliphatic carbocycles. The third kappa shape index (κ3) is 3.07. The lowest BCUT2D eigenvalue weighted by atomic mass is 10.0. The van der Waals surface area contributed by atoms with E-state index in [1.165, 1.54) is 5.56 Å². The molecule has 0 aliphatic heterocycles. The summed E-state index contributed by atoms with van der Waals surface area (Å²) in [4.78, 5) is 12.2. The Bertz CT molecular complexity index is 599. The number of rotatable bonds is 4. The second kappa shape index (κ2) is 5.90. The van der Waals surface area contributed by atoms with E-state index in [9.17, 15) is 4.79 Å². The lowest BCUT2D eigenvalue weighted by molar-refractivity contribution is 0.0930. The molecule has 1 amide bonds. The van der Waals surface area contributed by atoms with Crippen molar-refractivity contribution >= 4 is 5.91 Å². The number of hydrogen-bond acceptors (Lipinski definition) is 2. The first-order valence-electron chi connectivity index (χ1n) is 6.91. The second-order valence-electron chi connectivity index (χ2n) is 5.08. The van der Waals surface area contributed by atoms with Crippen LogP contribution in [0.1, 0.15) is 47.2 Å². The van der Waals surface area contributed by atoms with Crippen molar-refractivity contribution in [2.24, 2.45) is 7.05 Å². The van der Waals surface area contributed by atoms with E-state index in [1.807, 2.05) is 13.8 Å². The fourth-order valence-corrected chi connectivity index (χ4v) is 2.22. The first-order chi connectivity index (χ1) is 9.51. The van der Waals surface area contributed by atoms with Gasteiger partial charge in [0.2, 0.25) is 0 Å². The topological polar surface area (TPSA) is 46.9 Å². The maximum absolute atomic E-state index is 12.2. The predicted molar refractivity (Wildman–Crippen MR) is 79.6 cm³/mol. The highest BCUT2D eigenvalue weighted by Crippen LogP contribution is 2.14. The summed E-state index contributed by atoms with van der Waals surface area (Å²) in [5.41, 5.74) is 3.83. The molecule has 0 bridgehead atoms. The minimum atomic E-state index is -0.0971. The van der Waals surface area contributed by atoms with Crippen LogP contribution in [0.2, 0.25) is 0 Å². The molecule has 0 aliphatic rings. The van der Waals surface area contributed by atoms with Gasteiger partial charge >= 0.3 is 0 Å². The van der Waals surface area contributed by atoms with Gasteiger partial charge in [-0.25, -0.2) is 0 Å². The van der Waals surface area contributed by atoms with Crippen LogP contribution in [-0.2, 0) is 13.5 Å². The third-order valence-electron chi connectivity index (χ3n) is 3.47. The molecular weight excluding hydrogens is 250 g/mol. The third-order valence-corrected chi connectivity index (χ3v) is 3.47. The fourth-order valence-electron chi connectivity index (χ4n) is 2.22. The van der Waals surface area contributed by atoms with Crippen molar-refractivity contribution in [3.63, 3.8) is 0 Å². The van der Waals surface area contributed by atoms with Crippen LogP contribution in [0.4, 0.5) is 0 Å². The SMILES string of the molecule is CCc1ccc([C@@H](C)NC(=O)c2cc(C)nn2C)cc1. The molecule has 0 saturated heterocycles. The number of aryl methyl sites for hydroxylation is 3. The summed E-state index contributed by atoms with van der Waals surface area (Å²) in [7, 11) is 1.78. The van der Waals surface area contributed by atoms with E-state index >= 15 is 0 Å². The van der Waals surface area contributed by atoms with Gasteiger partial charge in [-0.2, -0.15) is 5.10 Å². The quantitative estimate of drug-likeness (QED) is 0.929. The molecule has 0 spiro atoms. The lowest BCUT2D eigenvalue weighted by Gasteiger charge is -2.14. The van der Waals surface area contributed by atoms with Gasteiger partial charge in [-0.1, -0.05) is 31.2 Å². The van der Waals surface area contributed by atoms with E-state index < -0.39 is 0 Å². The van der Waals surface area contributed by atoms with Crippen LogP contribution < -0.4 is 5.32 Å². The molecule has 1 aromatic heterocycles. The van der Waals surface area contributed by atoms with Crippen LogP contribution in [0, 0.1) is 6.92 Å². The molecule has 1 aromatic carbocycles. The monoisotopic (exact) mass is 271 g/mol. The molecule has 0 fully saturated rings. The molecule has 0 unspecified atom stereocenters. The van der Waals surface area contributed by atoms with E-state index in [4.69, 9.17) is 0 Å². The molecule has 1 atom stereocenters. The van der Waals surface area contributed by atoms with Gasteiger partial charge < -0.3 is 5.32 Å². The number of nitrogens with one attached hydrogen (secondary N) is 1. The first kappa shape index (κ1) is 14.3. The largest absolute Gasteiger partial charge is 0.344 e. The van der Waals surface area contributed by atoms with Crippen LogP contribution >= 0.6 is 0 Å². The van der Waals surface area contributed by atoms with Gasteiger partial charge in [-0.3, -0.25) is 9.48 Å².